The van der Waals surface area contributed by atoms with E-state index in [1.165, 1.54) is 0 Å². The Kier molecular flexibility index (Phi) is 7.81. The first kappa shape index (κ1) is 20.1. The fourth-order valence-electron chi connectivity index (χ4n) is 2.43. The number of halogens is 2. The molecule has 140 valence electrons. The molecule has 0 spiro atoms. The van der Waals surface area contributed by atoms with Gasteiger partial charge in [0.1, 0.15) is 10.9 Å². The molecular formula is C18H22Cl2N4O2. The molecule has 1 aromatic carbocycles. The van der Waals surface area contributed by atoms with Gasteiger partial charge in [0.15, 0.2) is 0 Å². The van der Waals surface area contributed by atoms with Crippen LogP contribution >= 0.6 is 23.2 Å². The number of methoxy groups -OCH3 is 1. The molecule has 0 saturated heterocycles. The second kappa shape index (κ2) is 10.1. The summed E-state index contributed by atoms with van der Waals surface area (Å²) in [7, 11) is 1.60. The maximum absolute atomic E-state index is 11.9. The van der Waals surface area contributed by atoms with Crippen LogP contribution < -0.4 is 16.0 Å². The van der Waals surface area contributed by atoms with Gasteiger partial charge in [-0.25, -0.2) is 0 Å². The summed E-state index contributed by atoms with van der Waals surface area (Å²) in [5, 5.41) is 16.4. The molecular weight excluding hydrogens is 375 g/mol. The van der Waals surface area contributed by atoms with Gasteiger partial charge >= 0.3 is 0 Å². The second-order valence-corrected chi connectivity index (χ2v) is 6.51. The number of amides is 1. The lowest BCUT2D eigenvalue weighted by atomic mass is 10.1. The number of alkyl halides is 1. The van der Waals surface area contributed by atoms with Crippen LogP contribution in [-0.2, 0) is 9.53 Å². The standard InChI is InChI=1S/C18H22Cl2N4O2/c1-26-16-10-12(6-7-14(16)19)22-8-9-23-17(25)11-24-15-5-3-2-4-13(15)18(20)21/h2-6,10,14,21-22,24H,7-9,11H2,1H3,(H,23,25). The van der Waals surface area contributed by atoms with Crippen LogP contribution in [0.5, 0.6) is 0 Å². The zero-order valence-electron chi connectivity index (χ0n) is 14.4. The minimum atomic E-state index is -0.144. The summed E-state index contributed by atoms with van der Waals surface area (Å²) in [6.07, 6.45) is 4.57. The van der Waals surface area contributed by atoms with Gasteiger partial charge in [-0.2, -0.15) is 0 Å². The number of carbonyl (C=O) groups excluding carboxylic acids is 1. The van der Waals surface area contributed by atoms with Gasteiger partial charge in [0.2, 0.25) is 5.91 Å². The SMILES string of the molecule is COC1=CC(NCCNC(=O)CNc2ccccc2C(=N)Cl)=CCC1Cl. The Morgan fingerprint density at radius 1 is 1.31 bits per heavy atom. The average molecular weight is 397 g/mol. The Hall–Kier alpha value is -2.18. The van der Waals surface area contributed by atoms with Crippen molar-refractivity contribution in [3.05, 3.63) is 53.4 Å². The fraction of sp³-hybridized carbons (Fsp3) is 0.333. The van der Waals surface area contributed by atoms with E-state index in [9.17, 15) is 4.79 Å². The quantitative estimate of drug-likeness (QED) is 0.293. The molecule has 0 saturated carbocycles. The molecule has 0 bridgehead atoms. The van der Waals surface area contributed by atoms with Crippen molar-refractivity contribution < 1.29 is 9.53 Å². The predicted molar refractivity (Wildman–Crippen MR) is 106 cm³/mol. The summed E-state index contributed by atoms with van der Waals surface area (Å²) in [6.45, 7) is 1.16. The van der Waals surface area contributed by atoms with Gasteiger partial charge < -0.3 is 20.7 Å². The van der Waals surface area contributed by atoms with E-state index in [0.29, 0.717) is 30.8 Å². The lowest BCUT2D eigenvalue weighted by Crippen LogP contribution is -2.35. The number of benzene rings is 1. The molecule has 2 rings (SSSR count). The number of carbonyl (C=O) groups is 1. The first-order chi connectivity index (χ1) is 12.5. The van der Waals surface area contributed by atoms with Gasteiger partial charge in [0.05, 0.1) is 19.0 Å². The number of rotatable bonds is 9. The maximum Gasteiger partial charge on any atom is 0.239 e. The van der Waals surface area contributed by atoms with Crippen molar-refractivity contribution in [3.63, 3.8) is 0 Å². The summed E-state index contributed by atoms with van der Waals surface area (Å²) < 4.78 is 5.22. The number of nitrogens with one attached hydrogen (secondary N) is 4. The molecule has 1 aliphatic carbocycles. The van der Waals surface area contributed by atoms with Crippen molar-refractivity contribution in [2.75, 3.05) is 32.1 Å². The molecule has 0 radical (unpaired) electrons. The highest BCUT2D eigenvalue weighted by atomic mass is 35.5. The van der Waals surface area contributed by atoms with Crippen LogP contribution in [0.2, 0.25) is 0 Å². The summed E-state index contributed by atoms with van der Waals surface area (Å²) >= 11 is 11.9. The molecule has 0 fully saturated rings. The third-order valence-electron chi connectivity index (χ3n) is 3.77. The first-order valence-corrected chi connectivity index (χ1v) is 9.00. The smallest absolute Gasteiger partial charge is 0.239 e. The van der Waals surface area contributed by atoms with Crippen molar-refractivity contribution in [2.45, 2.75) is 11.8 Å². The van der Waals surface area contributed by atoms with Gasteiger partial charge in [-0.1, -0.05) is 29.8 Å². The van der Waals surface area contributed by atoms with E-state index in [-0.39, 0.29) is 23.0 Å². The van der Waals surface area contributed by atoms with Crippen molar-refractivity contribution >= 4 is 40.0 Å². The highest BCUT2D eigenvalue weighted by Gasteiger charge is 2.15. The largest absolute Gasteiger partial charge is 0.499 e. The van der Waals surface area contributed by atoms with E-state index >= 15 is 0 Å². The lowest BCUT2D eigenvalue weighted by molar-refractivity contribution is -0.119. The number of anilines is 1. The third kappa shape index (κ3) is 5.97. The molecule has 8 heteroatoms. The van der Waals surface area contributed by atoms with E-state index in [2.05, 4.69) is 16.0 Å². The van der Waals surface area contributed by atoms with Gasteiger partial charge in [0, 0.05) is 36.1 Å². The summed E-state index contributed by atoms with van der Waals surface area (Å²) in [5.41, 5.74) is 2.15. The summed E-state index contributed by atoms with van der Waals surface area (Å²) in [4.78, 5) is 11.9. The monoisotopic (exact) mass is 396 g/mol. The first-order valence-electron chi connectivity index (χ1n) is 8.19. The van der Waals surface area contributed by atoms with Crippen molar-refractivity contribution in [1.82, 2.24) is 10.6 Å². The summed E-state index contributed by atoms with van der Waals surface area (Å²) in [5.74, 6) is 0.586. The lowest BCUT2D eigenvalue weighted by Gasteiger charge is -2.18. The number of hydrogen-bond acceptors (Lipinski definition) is 5. The Bertz CT molecular complexity index is 719. The zero-order chi connectivity index (χ0) is 18.9. The molecule has 0 heterocycles. The Morgan fingerprint density at radius 2 is 2.08 bits per heavy atom. The molecule has 26 heavy (non-hydrogen) atoms. The average Bonchev–Trinajstić information content (AvgIpc) is 2.64. The van der Waals surface area contributed by atoms with E-state index in [0.717, 1.165) is 11.5 Å². The fourth-order valence-corrected chi connectivity index (χ4v) is 2.84. The topological polar surface area (TPSA) is 86.2 Å². The molecule has 0 aliphatic heterocycles. The van der Waals surface area contributed by atoms with E-state index < -0.39 is 0 Å². The zero-order valence-corrected chi connectivity index (χ0v) is 16.0. The van der Waals surface area contributed by atoms with Gasteiger partial charge in [0.25, 0.3) is 0 Å². The molecule has 1 amide bonds. The summed E-state index contributed by atoms with van der Waals surface area (Å²) in [6, 6.07) is 7.11. The number of hydrogen-bond donors (Lipinski definition) is 4. The van der Waals surface area contributed by atoms with Crippen LogP contribution in [0.4, 0.5) is 5.69 Å². The predicted octanol–water partition coefficient (Wildman–Crippen LogP) is 2.79. The Morgan fingerprint density at radius 3 is 2.81 bits per heavy atom. The molecule has 1 atom stereocenters. The van der Waals surface area contributed by atoms with Crippen LogP contribution in [0.1, 0.15) is 12.0 Å². The Balaban J connectivity index is 1.70. The number of para-hydroxylation sites is 1. The van der Waals surface area contributed by atoms with Crippen LogP contribution in [0.25, 0.3) is 0 Å². The van der Waals surface area contributed by atoms with Crippen molar-refractivity contribution in [1.29, 1.82) is 5.41 Å². The van der Waals surface area contributed by atoms with Crippen molar-refractivity contribution in [2.24, 2.45) is 0 Å². The van der Waals surface area contributed by atoms with Crippen molar-refractivity contribution in [3.8, 4) is 0 Å². The van der Waals surface area contributed by atoms with Gasteiger partial charge in [-0.05, 0) is 18.6 Å². The minimum Gasteiger partial charge on any atom is -0.499 e. The second-order valence-electron chi connectivity index (χ2n) is 5.60. The highest BCUT2D eigenvalue weighted by Crippen LogP contribution is 2.21. The highest BCUT2D eigenvalue weighted by molar-refractivity contribution is 6.69. The van der Waals surface area contributed by atoms with Gasteiger partial charge in [-0.15, -0.1) is 11.6 Å². The van der Waals surface area contributed by atoms with E-state index in [4.69, 9.17) is 33.3 Å². The maximum atomic E-state index is 11.9. The van der Waals surface area contributed by atoms with E-state index in [1.54, 1.807) is 25.3 Å². The third-order valence-corrected chi connectivity index (χ3v) is 4.36. The molecule has 1 unspecified atom stereocenters. The number of allylic oxidation sites excluding steroid dienone is 3. The molecule has 6 nitrogen and oxygen atoms in total. The van der Waals surface area contributed by atoms with Crippen LogP contribution in [0, 0.1) is 5.41 Å². The minimum absolute atomic E-state index is 0.0684. The molecule has 1 aromatic rings. The normalized spacial score (nSPS) is 16.2. The van der Waals surface area contributed by atoms with Crippen LogP contribution in [-0.4, -0.2) is 43.2 Å². The van der Waals surface area contributed by atoms with Crippen LogP contribution in [0.15, 0.2) is 47.9 Å². The molecule has 0 aromatic heterocycles. The van der Waals surface area contributed by atoms with E-state index in [1.807, 2.05) is 18.2 Å². The Labute approximate surface area is 163 Å². The molecule has 1 aliphatic rings. The van der Waals surface area contributed by atoms with Crippen LogP contribution in [0.3, 0.4) is 0 Å². The molecule has 4 N–H and O–H groups in total. The number of ether oxygens (including phenoxy) is 1. The van der Waals surface area contributed by atoms with Gasteiger partial charge in [-0.3, -0.25) is 10.2 Å².